The molecule has 21 heavy (non-hydrogen) atoms. The zero-order valence-electron chi connectivity index (χ0n) is 12.8. The van der Waals surface area contributed by atoms with Gasteiger partial charge >= 0.3 is 0 Å². The zero-order chi connectivity index (χ0) is 15.7. The molecule has 0 aromatic heterocycles. The number of aliphatic hydroxyl groups is 2. The maximum absolute atomic E-state index is 9.91. The van der Waals surface area contributed by atoms with E-state index in [4.69, 9.17) is 9.47 Å². The van der Waals surface area contributed by atoms with Crippen LogP contribution in [0.3, 0.4) is 0 Å². The summed E-state index contributed by atoms with van der Waals surface area (Å²) in [5.74, 6) is 1.46. The SMILES string of the molecule is COc1ccc(OCC(O)CNC(C)C(CO)SC)cc1. The molecule has 0 saturated heterocycles. The van der Waals surface area contributed by atoms with Crippen molar-refractivity contribution < 1.29 is 19.7 Å². The third-order valence-electron chi connectivity index (χ3n) is 3.22. The Labute approximate surface area is 130 Å². The third kappa shape index (κ3) is 6.56. The number of rotatable bonds is 10. The van der Waals surface area contributed by atoms with Crippen LogP contribution in [0.2, 0.25) is 0 Å². The van der Waals surface area contributed by atoms with Gasteiger partial charge in [0.1, 0.15) is 24.2 Å². The Morgan fingerprint density at radius 2 is 1.86 bits per heavy atom. The quantitative estimate of drug-likeness (QED) is 0.601. The summed E-state index contributed by atoms with van der Waals surface area (Å²) in [5.41, 5.74) is 0. The van der Waals surface area contributed by atoms with Gasteiger partial charge in [0.05, 0.1) is 13.7 Å². The van der Waals surface area contributed by atoms with Gasteiger partial charge < -0.3 is 25.0 Å². The summed E-state index contributed by atoms with van der Waals surface area (Å²) in [5, 5.41) is 22.4. The van der Waals surface area contributed by atoms with E-state index in [0.29, 0.717) is 12.3 Å². The highest BCUT2D eigenvalue weighted by molar-refractivity contribution is 7.99. The molecule has 1 aromatic carbocycles. The number of methoxy groups -OCH3 is 1. The van der Waals surface area contributed by atoms with Crippen molar-refractivity contribution in [3.63, 3.8) is 0 Å². The van der Waals surface area contributed by atoms with Crippen LogP contribution in [-0.4, -0.2) is 60.7 Å². The molecule has 0 fully saturated rings. The van der Waals surface area contributed by atoms with Gasteiger partial charge in [0.25, 0.3) is 0 Å². The molecule has 0 saturated carbocycles. The molecule has 0 aliphatic heterocycles. The van der Waals surface area contributed by atoms with E-state index in [1.54, 1.807) is 31.0 Å². The average Bonchev–Trinajstić information content (AvgIpc) is 2.52. The van der Waals surface area contributed by atoms with Crippen molar-refractivity contribution >= 4 is 11.8 Å². The number of aliphatic hydroxyl groups excluding tert-OH is 2. The monoisotopic (exact) mass is 315 g/mol. The first kappa shape index (κ1) is 18.1. The summed E-state index contributed by atoms with van der Waals surface area (Å²) in [6.45, 7) is 2.76. The first-order valence-corrected chi connectivity index (χ1v) is 8.21. The molecule has 6 heteroatoms. The smallest absolute Gasteiger partial charge is 0.119 e. The molecule has 1 aromatic rings. The fraction of sp³-hybridized carbons (Fsp3) is 0.600. The average molecular weight is 315 g/mol. The van der Waals surface area contributed by atoms with Crippen molar-refractivity contribution in [2.45, 2.75) is 24.3 Å². The van der Waals surface area contributed by atoms with Gasteiger partial charge in [0.2, 0.25) is 0 Å². The minimum Gasteiger partial charge on any atom is -0.497 e. The van der Waals surface area contributed by atoms with Crippen LogP contribution in [0, 0.1) is 0 Å². The van der Waals surface area contributed by atoms with Crippen LogP contribution >= 0.6 is 11.8 Å². The van der Waals surface area contributed by atoms with Crippen LogP contribution in [0.25, 0.3) is 0 Å². The highest BCUT2D eigenvalue weighted by Gasteiger charge is 2.16. The second-order valence-electron chi connectivity index (χ2n) is 4.79. The van der Waals surface area contributed by atoms with E-state index >= 15 is 0 Å². The lowest BCUT2D eigenvalue weighted by molar-refractivity contribution is 0.103. The molecule has 0 amide bonds. The first-order valence-electron chi connectivity index (χ1n) is 6.92. The second-order valence-corrected chi connectivity index (χ2v) is 5.87. The predicted molar refractivity (Wildman–Crippen MR) is 86.3 cm³/mol. The van der Waals surface area contributed by atoms with E-state index in [1.807, 2.05) is 25.3 Å². The van der Waals surface area contributed by atoms with Crippen molar-refractivity contribution in [2.24, 2.45) is 0 Å². The van der Waals surface area contributed by atoms with Gasteiger partial charge in [-0.15, -0.1) is 0 Å². The molecule has 0 aliphatic carbocycles. The Morgan fingerprint density at radius 3 is 2.38 bits per heavy atom. The maximum Gasteiger partial charge on any atom is 0.119 e. The van der Waals surface area contributed by atoms with E-state index in [0.717, 1.165) is 5.75 Å². The number of hydrogen-bond acceptors (Lipinski definition) is 6. The topological polar surface area (TPSA) is 71.0 Å². The van der Waals surface area contributed by atoms with Crippen LogP contribution in [0.4, 0.5) is 0 Å². The molecule has 3 atom stereocenters. The van der Waals surface area contributed by atoms with Gasteiger partial charge in [-0.1, -0.05) is 0 Å². The minimum absolute atomic E-state index is 0.119. The van der Waals surface area contributed by atoms with Gasteiger partial charge in [0, 0.05) is 17.8 Å². The van der Waals surface area contributed by atoms with Crippen molar-refractivity contribution in [1.29, 1.82) is 0 Å². The van der Waals surface area contributed by atoms with Gasteiger partial charge in [-0.2, -0.15) is 11.8 Å². The van der Waals surface area contributed by atoms with Gasteiger partial charge in [0.15, 0.2) is 0 Å². The fourth-order valence-corrected chi connectivity index (χ4v) is 2.47. The van der Waals surface area contributed by atoms with Crippen LogP contribution in [0.1, 0.15) is 6.92 Å². The summed E-state index contributed by atoms with van der Waals surface area (Å²) in [7, 11) is 1.61. The standard InChI is InChI=1S/C15H25NO4S/c1-11(15(9-17)21-3)16-8-12(18)10-20-14-6-4-13(19-2)5-7-14/h4-7,11-12,15-18H,8-10H2,1-3H3. The minimum atomic E-state index is -0.601. The van der Waals surface area contributed by atoms with Crippen molar-refractivity contribution in [1.82, 2.24) is 5.32 Å². The van der Waals surface area contributed by atoms with Gasteiger partial charge in [-0.05, 0) is 37.4 Å². The molecular formula is C15H25NO4S. The van der Waals surface area contributed by atoms with Crippen LogP contribution in [-0.2, 0) is 0 Å². The Hall–Kier alpha value is -0.950. The predicted octanol–water partition coefficient (Wildman–Crippen LogP) is 1.14. The Balaban J connectivity index is 2.28. The normalized spacial score (nSPS) is 15.3. The van der Waals surface area contributed by atoms with E-state index in [9.17, 15) is 10.2 Å². The van der Waals surface area contributed by atoms with E-state index < -0.39 is 6.10 Å². The Bertz CT molecular complexity index is 384. The summed E-state index contributed by atoms with van der Waals surface area (Å²) in [6.07, 6.45) is 1.36. The molecule has 0 heterocycles. The summed E-state index contributed by atoms with van der Waals surface area (Å²) < 4.78 is 10.6. The lowest BCUT2D eigenvalue weighted by Crippen LogP contribution is -2.42. The van der Waals surface area contributed by atoms with E-state index in [-0.39, 0.29) is 24.5 Å². The zero-order valence-corrected chi connectivity index (χ0v) is 13.6. The molecular weight excluding hydrogens is 290 g/mol. The maximum atomic E-state index is 9.91. The van der Waals surface area contributed by atoms with Crippen molar-refractivity contribution in [3.05, 3.63) is 24.3 Å². The molecule has 0 bridgehead atoms. The molecule has 0 radical (unpaired) electrons. The number of ether oxygens (including phenoxy) is 2. The highest BCUT2D eigenvalue weighted by Crippen LogP contribution is 2.17. The third-order valence-corrected chi connectivity index (χ3v) is 4.38. The highest BCUT2D eigenvalue weighted by atomic mass is 32.2. The number of benzene rings is 1. The van der Waals surface area contributed by atoms with Crippen molar-refractivity contribution in [2.75, 3.05) is 33.1 Å². The number of hydrogen-bond donors (Lipinski definition) is 3. The second kappa shape index (κ2) is 9.89. The molecule has 3 N–H and O–H groups in total. The molecule has 0 aliphatic rings. The molecule has 5 nitrogen and oxygen atoms in total. The molecule has 0 spiro atoms. The fourth-order valence-electron chi connectivity index (χ4n) is 1.81. The van der Waals surface area contributed by atoms with Gasteiger partial charge in [-0.3, -0.25) is 0 Å². The lowest BCUT2D eigenvalue weighted by Gasteiger charge is -2.23. The molecule has 3 unspecified atom stereocenters. The molecule has 1 rings (SSSR count). The first-order chi connectivity index (χ1) is 10.1. The van der Waals surface area contributed by atoms with Crippen LogP contribution in [0.5, 0.6) is 11.5 Å². The Kier molecular flexibility index (Phi) is 8.52. The van der Waals surface area contributed by atoms with Crippen molar-refractivity contribution in [3.8, 4) is 11.5 Å². The molecule has 120 valence electrons. The summed E-state index contributed by atoms with van der Waals surface area (Å²) in [4.78, 5) is 0. The number of thioether (sulfide) groups is 1. The Morgan fingerprint density at radius 1 is 1.24 bits per heavy atom. The summed E-state index contributed by atoms with van der Waals surface area (Å²) >= 11 is 1.61. The summed E-state index contributed by atoms with van der Waals surface area (Å²) in [6, 6.07) is 7.35. The van der Waals surface area contributed by atoms with Crippen LogP contribution in [0.15, 0.2) is 24.3 Å². The van der Waals surface area contributed by atoms with E-state index in [2.05, 4.69) is 5.32 Å². The van der Waals surface area contributed by atoms with Gasteiger partial charge in [-0.25, -0.2) is 0 Å². The largest absolute Gasteiger partial charge is 0.497 e. The van der Waals surface area contributed by atoms with Crippen LogP contribution < -0.4 is 14.8 Å². The number of nitrogens with one attached hydrogen (secondary N) is 1. The van der Waals surface area contributed by atoms with E-state index in [1.165, 1.54) is 0 Å². The lowest BCUT2D eigenvalue weighted by atomic mass is 10.2.